The van der Waals surface area contributed by atoms with Crippen molar-refractivity contribution >= 4 is 29.1 Å². The summed E-state index contributed by atoms with van der Waals surface area (Å²) in [6.07, 6.45) is 0. The molecule has 7 heteroatoms. The van der Waals surface area contributed by atoms with Crippen LogP contribution in [0.25, 0.3) is 16.9 Å². The Kier molecular flexibility index (Phi) is 5.08. The van der Waals surface area contributed by atoms with E-state index < -0.39 is 0 Å². The molecule has 0 aliphatic carbocycles. The Hall–Kier alpha value is -3.19. The number of fused-ring (bicyclic) bond motifs is 1. The maximum absolute atomic E-state index is 12.6. The number of benzene rings is 2. The highest BCUT2D eigenvalue weighted by atomic mass is 32.2. The molecule has 0 bridgehead atoms. The van der Waals surface area contributed by atoms with Crippen LogP contribution >= 0.6 is 11.8 Å². The first-order chi connectivity index (χ1) is 13.6. The first-order valence-corrected chi connectivity index (χ1v) is 9.87. The van der Waals surface area contributed by atoms with Crippen LogP contribution in [0.4, 0.5) is 5.69 Å². The zero-order valence-electron chi connectivity index (χ0n) is 15.6. The Morgan fingerprint density at radius 3 is 2.61 bits per heavy atom. The third-order valence-corrected chi connectivity index (χ3v) is 5.21. The average Bonchev–Trinajstić information content (AvgIpc) is 3.10. The molecule has 4 aromatic rings. The number of carbonyl (C=O) groups is 1. The predicted molar refractivity (Wildman–Crippen MR) is 111 cm³/mol. The van der Waals surface area contributed by atoms with Crippen LogP contribution in [0, 0.1) is 13.8 Å². The Labute approximate surface area is 167 Å². The van der Waals surface area contributed by atoms with E-state index in [9.17, 15) is 4.79 Å². The fourth-order valence-corrected chi connectivity index (χ4v) is 3.86. The van der Waals surface area contributed by atoms with E-state index >= 15 is 0 Å². The molecule has 4 rings (SSSR count). The molecule has 28 heavy (non-hydrogen) atoms. The van der Waals surface area contributed by atoms with Crippen molar-refractivity contribution in [3.05, 3.63) is 72.1 Å². The molecule has 0 spiro atoms. The largest absolute Gasteiger partial charge is 0.325 e. The second-order valence-corrected chi connectivity index (χ2v) is 7.35. The number of hydrogen-bond acceptors (Lipinski definition) is 5. The topological polar surface area (TPSA) is 72.2 Å². The highest BCUT2D eigenvalue weighted by Gasteiger charge is 2.13. The maximum atomic E-state index is 12.6. The second-order valence-electron chi connectivity index (χ2n) is 6.41. The van der Waals surface area contributed by atoms with Gasteiger partial charge in [0.1, 0.15) is 0 Å². The number of hydrogen-bond donors (Lipinski definition) is 1. The third-order valence-electron chi connectivity index (χ3n) is 4.28. The van der Waals surface area contributed by atoms with Gasteiger partial charge in [-0.25, -0.2) is 4.98 Å². The van der Waals surface area contributed by atoms with Gasteiger partial charge in [0.05, 0.1) is 5.75 Å². The average molecular weight is 389 g/mol. The smallest absolute Gasteiger partial charge is 0.256 e. The quantitative estimate of drug-likeness (QED) is 0.520. The van der Waals surface area contributed by atoms with Crippen molar-refractivity contribution in [1.82, 2.24) is 19.6 Å². The van der Waals surface area contributed by atoms with Gasteiger partial charge in [-0.1, -0.05) is 60.3 Å². The van der Waals surface area contributed by atoms with Crippen molar-refractivity contribution in [1.29, 1.82) is 0 Å². The van der Waals surface area contributed by atoms with E-state index in [1.165, 1.54) is 11.8 Å². The van der Waals surface area contributed by atoms with E-state index in [1.54, 1.807) is 0 Å². The number of anilines is 1. The zero-order valence-corrected chi connectivity index (χ0v) is 16.4. The number of rotatable bonds is 5. The molecule has 0 unspecified atom stereocenters. The van der Waals surface area contributed by atoms with Crippen molar-refractivity contribution in [2.45, 2.75) is 19.0 Å². The van der Waals surface area contributed by atoms with Crippen molar-refractivity contribution < 1.29 is 4.79 Å². The lowest BCUT2D eigenvalue weighted by atomic mass is 10.0. The summed E-state index contributed by atoms with van der Waals surface area (Å²) in [6, 6.07) is 19.8. The summed E-state index contributed by atoms with van der Waals surface area (Å²) in [5.74, 6) is 0.690. The Morgan fingerprint density at radius 2 is 1.79 bits per heavy atom. The van der Waals surface area contributed by atoms with Crippen molar-refractivity contribution in [2.75, 3.05) is 11.1 Å². The van der Waals surface area contributed by atoms with Crippen LogP contribution in [0.5, 0.6) is 0 Å². The van der Waals surface area contributed by atoms with Gasteiger partial charge in [0.2, 0.25) is 5.91 Å². The Bertz CT molecular complexity index is 1140. The number of aromatic nitrogens is 4. The Morgan fingerprint density at radius 1 is 1.04 bits per heavy atom. The first kappa shape index (κ1) is 18.2. The minimum atomic E-state index is -0.0946. The van der Waals surface area contributed by atoms with E-state index in [0.29, 0.717) is 10.9 Å². The predicted octanol–water partition coefficient (Wildman–Crippen LogP) is 4.14. The zero-order chi connectivity index (χ0) is 19.5. The van der Waals surface area contributed by atoms with E-state index in [2.05, 4.69) is 20.5 Å². The molecule has 0 radical (unpaired) electrons. The summed E-state index contributed by atoms with van der Waals surface area (Å²) >= 11 is 1.34. The second kappa shape index (κ2) is 7.82. The third kappa shape index (κ3) is 3.75. The van der Waals surface area contributed by atoms with Crippen LogP contribution in [0.2, 0.25) is 0 Å². The SMILES string of the molecule is Cc1cc(C)n2c(SCC(=O)Nc3ccccc3-c3ccccc3)nnc2n1. The number of carbonyl (C=O) groups excluding carboxylic acids is 1. The highest BCUT2D eigenvalue weighted by Crippen LogP contribution is 2.28. The lowest BCUT2D eigenvalue weighted by Crippen LogP contribution is -2.15. The molecule has 0 fully saturated rings. The van der Waals surface area contributed by atoms with E-state index in [0.717, 1.165) is 28.2 Å². The van der Waals surface area contributed by atoms with Gasteiger partial charge >= 0.3 is 0 Å². The van der Waals surface area contributed by atoms with Crippen molar-refractivity contribution in [3.63, 3.8) is 0 Å². The van der Waals surface area contributed by atoms with Crippen LogP contribution in [-0.2, 0) is 4.79 Å². The number of aryl methyl sites for hydroxylation is 2. The van der Waals surface area contributed by atoms with E-state index in [1.807, 2.05) is 78.9 Å². The molecule has 0 atom stereocenters. The molecule has 140 valence electrons. The standard InChI is InChI=1S/C21H19N5OS/c1-14-12-15(2)26-20(22-14)24-25-21(26)28-13-19(27)23-18-11-7-6-10-17(18)16-8-4-3-5-9-16/h3-12H,13H2,1-2H3,(H,23,27). The van der Waals surface area contributed by atoms with Crippen LogP contribution < -0.4 is 5.32 Å². The van der Waals surface area contributed by atoms with Gasteiger partial charge in [0.25, 0.3) is 5.78 Å². The summed E-state index contributed by atoms with van der Waals surface area (Å²) in [5, 5.41) is 11.9. The lowest BCUT2D eigenvalue weighted by Gasteiger charge is -2.11. The van der Waals surface area contributed by atoms with Gasteiger partial charge in [0.15, 0.2) is 5.16 Å². The van der Waals surface area contributed by atoms with Crippen molar-refractivity contribution in [3.8, 4) is 11.1 Å². The van der Waals surface area contributed by atoms with E-state index in [4.69, 9.17) is 0 Å². The highest BCUT2D eigenvalue weighted by molar-refractivity contribution is 7.99. The van der Waals surface area contributed by atoms with E-state index in [-0.39, 0.29) is 11.7 Å². The Balaban J connectivity index is 1.49. The summed E-state index contributed by atoms with van der Waals surface area (Å²) in [7, 11) is 0. The number of nitrogens with one attached hydrogen (secondary N) is 1. The summed E-state index contributed by atoms with van der Waals surface area (Å²) in [4.78, 5) is 16.9. The molecule has 2 heterocycles. The number of para-hydroxylation sites is 1. The summed E-state index contributed by atoms with van der Waals surface area (Å²) < 4.78 is 1.86. The molecule has 2 aromatic carbocycles. The van der Waals surface area contributed by atoms with Crippen LogP contribution in [0.15, 0.2) is 65.8 Å². The van der Waals surface area contributed by atoms with Gasteiger partial charge in [-0.2, -0.15) is 0 Å². The summed E-state index contributed by atoms with van der Waals surface area (Å²) in [5.41, 5.74) is 4.73. The number of nitrogens with zero attached hydrogens (tertiary/aromatic N) is 4. The van der Waals surface area contributed by atoms with Gasteiger partial charge in [-0.05, 0) is 31.5 Å². The van der Waals surface area contributed by atoms with Gasteiger partial charge in [0, 0.05) is 22.6 Å². The fraction of sp³-hybridized carbons (Fsp3) is 0.143. The molecule has 1 N–H and O–H groups in total. The first-order valence-electron chi connectivity index (χ1n) is 8.88. The minimum Gasteiger partial charge on any atom is -0.325 e. The minimum absolute atomic E-state index is 0.0946. The molecule has 0 aliphatic heterocycles. The van der Waals surface area contributed by atoms with Gasteiger partial charge < -0.3 is 5.32 Å². The molecule has 1 amide bonds. The molecular weight excluding hydrogens is 370 g/mol. The van der Waals surface area contributed by atoms with Gasteiger partial charge in [-0.15, -0.1) is 10.2 Å². The summed E-state index contributed by atoms with van der Waals surface area (Å²) in [6.45, 7) is 3.90. The van der Waals surface area contributed by atoms with Gasteiger partial charge in [-0.3, -0.25) is 9.20 Å². The fourth-order valence-electron chi connectivity index (χ4n) is 3.07. The molecule has 0 saturated carbocycles. The number of thioether (sulfide) groups is 1. The molecule has 0 saturated heterocycles. The lowest BCUT2D eigenvalue weighted by molar-refractivity contribution is -0.113. The molecule has 2 aromatic heterocycles. The van der Waals surface area contributed by atoms with Crippen LogP contribution in [0.3, 0.4) is 0 Å². The number of amides is 1. The normalized spacial score (nSPS) is 10.9. The monoisotopic (exact) mass is 389 g/mol. The van der Waals surface area contributed by atoms with Crippen LogP contribution in [-0.4, -0.2) is 31.2 Å². The molecular formula is C21H19N5OS. The maximum Gasteiger partial charge on any atom is 0.256 e. The molecule has 0 aliphatic rings. The molecule has 6 nitrogen and oxygen atoms in total. The van der Waals surface area contributed by atoms with Crippen molar-refractivity contribution in [2.24, 2.45) is 0 Å². The van der Waals surface area contributed by atoms with Crippen LogP contribution in [0.1, 0.15) is 11.4 Å².